The van der Waals surface area contributed by atoms with Gasteiger partial charge in [-0.2, -0.15) is 13.2 Å². The topological polar surface area (TPSA) is 80.7 Å². The van der Waals surface area contributed by atoms with E-state index < -0.39 is 35.3 Å². The first kappa shape index (κ1) is 27.7. The monoisotopic (exact) mass is 572 g/mol. The van der Waals surface area contributed by atoms with Crippen LogP contribution in [0.2, 0.25) is 0 Å². The first-order valence-electron chi connectivity index (χ1n) is 11.2. The third-order valence-corrected chi connectivity index (χ3v) is 7.78. The molecular weight excluding hydrogens is 551 g/mol. The summed E-state index contributed by atoms with van der Waals surface area (Å²) in [4.78, 5) is 15.5. The summed E-state index contributed by atoms with van der Waals surface area (Å²) >= 11 is 2.13. The third-order valence-electron chi connectivity index (χ3n) is 6.02. The van der Waals surface area contributed by atoms with Gasteiger partial charge in [-0.15, -0.1) is 11.3 Å². The number of carboxylic acids is 1. The van der Waals surface area contributed by atoms with E-state index in [1.54, 1.807) is 11.4 Å². The summed E-state index contributed by atoms with van der Waals surface area (Å²) in [6.45, 7) is 0. The molecule has 4 rings (SSSR count). The molecule has 0 fully saturated rings. The van der Waals surface area contributed by atoms with E-state index in [9.17, 15) is 22.4 Å². The predicted molar refractivity (Wildman–Crippen MR) is 135 cm³/mol. The van der Waals surface area contributed by atoms with Crippen LogP contribution < -0.4 is 14.2 Å². The number of thiazole rings is 1. The van der Waals surface area contributed by atoms with E-state index in [-0.39, 0.29) is 42.0 Å². The molecule has 3 aromatic rings. The van der Waals surface area contributed by atoms with E-state index in [0.717, 1.165) is 35.4 Å². The fraction of sp³-hybridized carbons (Fsp3) is 0.280. The van der Waals surface area contributed by atoms with Crippen molar-refractivity contribution in [2.45, 2.75) is 30.5 Å². The fourth-order valence-electron chi connectivity index (χ4n) is 4.05. The van der Waals surface area contributed by atoms with Crippen molar-refractivity contribution in [1.29, 1.82) is 0 Å². The molecule has 2 N–H and O–H groups in total. The lowest BCUT2D eigenvalue weighted by molar-refractivity contribution is -0.175. The Balaban J connectivity index is 1.54. The number of carbonyl (C=O) groups is 1. The summed E-state index contributed by atoms with van der Waals surface area (Å²) in [5, 5.41) is 11.5. The highest BCUT2D eigenvalue weighted by Crippen LogP contribution is 2.44. The molecule has 1 aliphatic rings. The highest BCUT2D eigenvalue weighted by molar-refractivity contribution is 8.00. The molecule has 0 bridgehead atoms. The zero-order valence-electron chi connectivity index (χ0n) is 20.0. The maximum absolute atomic E-state index is 15.5. The van der Waals surface area contributed by atoms with Crippen LogP contribution in [-0.4, -0.2) is 36.5 Å². The van der Waals surface area contributed by atoms with Crippen LogP contribution in [0.1, 0.15) is 35.2 Å². The smallest absolute Gasteiger partial charge is 0.392 e. The van der Waals surface area contributed by atoms with E-state index in [4.69, 9.17) is 14.6 Å². The second kappa shape index (κ2) is 11.2. The summed E-state index contributed by atoms with van der Waals surface area (Å²) in [6.07, 6.45) is -2.87. The lowest BCUT2D eigenvalue weighted by Crippen LogP contribution is -2.24. The number of benzene rings is 2. The zero-order valence-corrected chi connectivity index (χ0v) is 21.6. The van der Waals surface area contributed by atoms with Crippen LogP contribution >= 0.6 is 23.3 Å². The number of nitrogens with one attached hydrogen (secondary N) is 1. The van der Waals surface area contributed by atoms with Gasteiger partial charge in [0.1, 0.15) is 21.6 Å². The van der Waals surface area contributed by atoms with E-state index in [1.807, 2.05) is 0 Å². The van der Waals surface area contributed by atoms with Crippen LogP contribution in [0, 0.1) is 17.6 Å². The molecule has 0 radical (unpaired) electrons. The van der Waals surface area contributed by atoms with Gasteiger partial charge in [0.05, 0.1) is 37.0 Å². The molecule has 0 amide bonds. The lowest BCUT2D eigenvalue weighted by atomic mass is 9.85. The van der Waals surface area contributed by atoms with Crippen molar-refractivity contribution in [1.82, 2.24) is 4.98 Å². The maximum atomic E-state index is 15.5. The number of anilines is 1. The van der Waals surface area contributed by atoms with Crippen molar-refractivity contribution in [2.75, 3.05) is 18.9 Å². The number of rotatable bonds is 8. The molecule has 1 atom stereocenters. The molecule has 1 unspecified atom stereocenters. The Morgan fingerprint density at radius 3 is 2.53 bits per heavy atom. The van der Waals surface area contributed by atoms with E-state index in [2.05, 4.69) is 9.71 Å². The molecule has 0 spiro atoms. The van der Waals surface area contributed by atoms with Gasteiger partial charge in [0, 0.05) is 29.0 Å². The van der Waals surface area contributed by atoms with Gasteiger partial charge < -0.3 is 19.3 Å². The predicted octanol–water partition coefficient (Wildman–Crippen LogP) is 7.67. The minimum absolute atomic E-state index is 0.0690. The minimum atomic E-state index is -4.27. The Kier molecular flexibility index (Phi) is 8.16. The van der Waals surface area contributed by atoms with Crippen molar-refractivity contribution >= 4 is 40.5 Å². The second-order valence-electron chi connectivity index (χ2n) is 8.28. The Morgan fingerprint density at radius 1 is 1.18 bits per heavy atom. The average Bonchev–Trinajstić information content (AvgIpc) is 3.35. The van der Waals surface area contributed by atoms with Crippen LogP contribution in [-0.2, 0) is 0 Å². The summed E-state index contributed by atoms with van der Waals surface area (Å²) in [7, 11) is 2.61. The van der Waals surface area contributed by atoms with Crippen molar-refractivity contribution in [2.24, 2.45) is 5.92 Å². The second-order valence-corrected chi connectivity index (χ2v) is 9.97. The average molecular weight is 573 g/mol. The molecule has 1 heterocycles. The van der Waals surface area contributed by atoms with Gasteiger partial charge in [0.25, 0.3) is 0 Å². The number of halogens is 5. The first-order chi connectivity index (χ1) is 18.0. The molecule has 202 valence electrons. The van der Waals surface area contributed by atoms with Crippen molar-refractivity contribution in [3.8, 4) is 22.1 Å². The Bertz CT molecular complexity index is 1390. The Hall–Kier alpha value is -3.32. The van der Waals surface area contributed by atoms with Crippen LogP contribution in [0.4, 0.5) is 27.6 Å². The number of methoxy groups -OCH3 is 2. The normalized spacial score (nSPS) is 15.7. The van der Waals surface area contributed by atoms with Gasteiger partial charge in [-0.25, -0.2) is 18.6 Å². The molecule has 2 aromatic carbocycles. The van der Waals surface area contributed by atoms with E-state index in [1.165, 1.54) is 26.4 Å². The SMILES string of the molecule is COc1cc(C(=O)O)c(F)cc1NSc1csc(-c2ccc(C3=CCC(C(F)(F)F)CC3)c(OC)c2F)n1. The quantitative estimate of drug-likeness (QED) is 0.212. The first-order valence-corrected chi connectivity index (χ1v) is 12.8. The van der Waals surface area contributed by atoms with E-state index in [0.29, 0.717) is 21.2 Å². The van der Waals surface area contributed by atoms with E-state index >= 15 is 4.39 Å². The number of alkyl halides is 3. The van der Waals surface area contributed by atoms with Crippen LogP contribution in [0.5, 0.6) is 11.5 Å². The van der Waals surface area contributed by atoms with Gasteiger partial charge >= 0.3 is 12.1 Å². The van der Waals surface area contributed by atoms with Gasteiger partial charge in [-0.05, 0) is 37.0 Å². The lowest BCUT2D eigenvalue weighted by Gasteiger charge is -2.25. The standard InChI is InChI=1S/C25H21F5N2O4S2/c1-35-19-9-16(24(33)34)17(26)10-18(19)32-38-20-11-37-23(31-20)15-8-7-14(22(36-2)21(15)27)12-3-5-13(6-4-12)25(28,29)30/h3,7-11,13,32H,4-6H2,1-2H3,(H,33,34). The summed E-state index contributed by atoms with van der Waals surface area (Å²) in [5.74, 6) is -4.44. The largest absolute Gasteiger partial charge is 0.495 e. The molecule has 13 heteroatoms. The number of allylic oxidation sites excluding steroid dienone is 2. The van der Waals surface area contributed by atoms with Crippen molar-refractivity contribution in [3.05, 3.63) is 58.5 Å². The third kappa shape index (κ3) is 5.73. The van der Waals surface area contributed by atoms with Gasteiger partial charge in [-0.3, -0.25) is 0 Å². The molecule has 0 saturated carbocycles. The Labute approximate surface area is 222 Å². The van der Waals surface area contributed by atoms with Crippen LogP contribution in [0.15, 0.2) is 40.7 Å². The maximum Gasteiger partial charge on any atom is 0.392 e. The minimum Gasteiger partial charge on any atom is -0.495 e. The van der Waals surface area contributed by atoms with Gasteiger partial charge in [0.2, 0.25) is 0 Å². The number of hydrogen-bond donors (Lipinski definition) is 2. The fourth-order valence-corrected chi connectivity index (χ4v) is 5.66. The summed E-state index contributed by atoms with van der Waals surface area (Å²) in [6, 6.07) is 5.17. The summed E-state index contributed by atoms with van der Waals surface area (Å²) in [5.41, 5.74) is 0.802. The number of hydrogen-bond acceptors (Lipinski definition) is 7. The molecular formula is C25H21F5N2O4S2. The number of aromatic nitrogens is 1. The number of carboxylic acid groups (broad SMARTS) is 1. The molecule has 1 aliphatic carbocycles. The molecule has 6 nitrogen and oxygen atoms in total. The van der Waals surface area contributed by atoms with Gasteiger partial charge in [-0.1, -0.05) is 12.1 Å². The molecule has 0 aliphatic heterocycles. The number of aromatic carboxylic acids is 1. The highest BCUT2D eigenvalue weighted by atomic mass is 32.2. The zero-order chi connectivity index (χ0) is 27.6. The molecule has 0 saturated heterocycles. The van der Waals surface area contributed by atoms with Crippen molar-refractivity contribution < 1.29 is 41.3 Å². The number of nitrogens with zero attached hydrogens (tertiary/aromatic N) is 1. The Morgan fingerprint density at radius 2 is 1.92 bits per heavy atom. The van der Waals surface area contributed by atoms with Crippen molar-refractivity contribution in [3.63, 3.8) is 0 Å². The summed E-state index contributed by atoms with van der Waals surface area (Å²) < 4.78 is 81.9. The van der Waals surface area contributed by atoms with Crippen LogP contribution in [0.25, 0.3) is 16.1 Å². The number of ether oxygens (including phenoxy) is 2. The highest BCUT2D eigenvalue weighted by Gasteiger charge is 2.40. The van der Waals surface area contributed by atoms with Crippen LogP contribution in [0.3, 0.4) is 0 Å². The molecule has 1 aromatic heterocycles. The van der Waals surface area contributed by atoms with Gasteiger partial charge in [0.15, 0.2) is 11.6 Å². The molecule has 38 heavy (non-hydrogen) atoms.